The van der Waals surface area contributed by atoms with E-state index >= 15 is 0 Å². The van der Waals surface area contributed by atoms with Crippen LogP contribution in [-0.4, -0.2) is 28.4 Å². The quantitative estimate of drug-likeness (QED) is 0.158. The predicted molar refractivity (Wildman–Crippen MR) is 89.3 cm³/mol. The number of nitrogens with zero attached hydrogens (tertiary/aromatic N) is 3. The second-order valence-electron chi connectivity index (χ2n) is 4.06. The Morgan fingerprint density at radius 1 is 1.30 bits per heavy atom. The van der Waals surface area contributed by atoms with Crippen LogP contribution in [0.1, 0.15) is 36.7 Å². The molecule has 0 radical (unpaired) electrons. The summed E-state index contributed by atoms with van der Waals surface area (Å²) in [6.45, 7) is 9.63. The summed E-state index contributed by atoms with van der Waals surface area (Å²) in [7, 11) is 0. The normalized spacial score (nSPS) is 10.1. The van der Waals surface area contributed by atoms with E-state index in [0.29, 0.717) is 6.54 Å². The number of nitrogen functional groups attached to an aromatic ring is 2. The van der Waals surface area contributed by atoms with Crippen LogP contribution in [0.2, 0.25) is 5.15 Å². The molecule has 23 heavy (non-hydrogen) atoms. The molecule has 0 aromatic carbocycles. The summed E-state index contributed by atoms with van der Waals surface area (Å²) in [4.78, 5) is 23.4. The molecule has 0 saturated carbocycles. The Morgan fingerprint density at radius 2 is 1.91 bits per heavy atom. The number of carbonyl (C=O) groups is 1. The first-order chi connectivity index (χ1) is 10.5. The van der Waals surface area contributed by atoms with Gasteiger partial charge < -0.3 is 23.8 Å². The number of nitrogens with two attached hydrogens (primary N) is 3. The third-order valence-electron chi connectivity index (χ3n) is 2.41. The van der Waals surface area contributed by atoms with Crippen molar-refractivity contribution >= 4 is 35.1 Å². The minimum Gasteiger partial charge on any atom is -0.521 e. The molecule has 8 nitrogen and oxygen atoms in total. The number of aliphatic imine (C=N–C) groups is 1. The van der Waals surface area contributed by atoms with E-state index in [1.807, 2.05) is 0 Å². The summed E-state index contributed by atoms with van der Waals surface area (Å²) in [5, 5.41) is 2.27. The van der Waals surface area contributed by atoms with Gasteiger partial charge in [0.2, 0.25) is 0 Å². The van der Waals surface area contributed by atoms with E-state index < -0.39 is 5.91 Å². The Morgan fingerprint density at radius 3 is 2.48 bits per heavy atom. The molecule has 0 unspecified atom stereocenters. The van der Waals surface area contributed by atoms with Crippen LogP contribution in [0.4, 0.5) is 11.6 Å². The van der Waals surface area contributed by atoms with Gasteiger partial charge in [0.25, 0.3) is 5.91 Å². The molecule has 122 valence electrons. The van der Waals surface area contributed by atoms with Crippen LogP contribution < -0.4 is 73.9 Å². The summed E-state index contributed by atoms with van der Waals surface area (Å²) in [5.74, 6) is -0.793. The number of guanidine groups is 1. The number of halogens is 1. The first-order valence-corrected chi connectivity index (χ1v) is 6.94. The summed E-state index contributed by atoms with van der Waals surface area (Å²) in [6, 6.07) is 0. The van der Waals surface area contributed by atoms with Crippen LogP contribution >= 0.6 is 11.6 Å². The van der Waals surface area contributed by atoms with Gasteiger partial charge in [-0.15, -0.1) is 0 Å². The number of amides is 1. The van der Waals surface area contributed by atoms with Crippen molar-refractivity contribution in [2.24, 2.45) is 10.7 Å². The Labute approximate surface area is 183 Å². The predicted octanol–water partition coefficient (Wildman–Crippen LogP) is -1.86. The number of hydrogen-bond acceptors (Lipinski definition) is 6. The van der Waals surface area contributed by atoms with Gasteiger partial charge in [-0.25, -0.2) is 9.97 Å². The van der Waals surface area contributed by atoms with Crippen molar-refractivity contribution in [2.45, 2.75) is 26.2 Å². The molecule has 0 spiro atoms. The van der Waals surface area contributed by atoms with E-state index in [2.05, 4.69) is 40.4 Å². The summed E-state index contributed by atoms with van der Waals surface area (Å²) in [5.41, 5.74) is 16.4. The molecular formula is C13H21ClKN7O. The minimum absolute atomic E-state index is 0. The van der Waals surface area contributed by atoms with Crippen molar-refractivity contribution in [3.05, 3.63) is 24.0 Å². The number of hydrogen-bond donors (Lipinski definition) is 4. The zero-order chi connectivity index (χ0) is 17.1. The van der Waals surface area contributed by atoms with Crippen molar-refractivity contribution in [1.82, 2.24) is 15.3 Å². The van der Waals surface area contributed by atoms with Crippen molar-refractivity contribution in [2.75, 3.05) is 18.0 Å². The SMILES string of the molecule is CCCCCN=C(N)NC(=O)c1nc(Cl)c(N)nc1N.[CH-]=C.[K+]. The molecule has 0 saturated heterocycles. The molecule has 1 amide bonds. The van der Waals surface area contributed by atoms with Crippen molar-refractivity contribution in [1.29, 1.82) is 0 Å². The van der Waals surface area contributed by atoms with Gasteiger partial charge in [0.1, 0.15) is 0 Å². The van der Waals surface area contributed by atoms with E-state index in [0.717, 1.165) is 19.3 Å². The van der Waals surface area contributed by atoms with Gasteiger partial charge in [0.05, 0.1) is 0 Å². The molecule has 0 aliphatic carbocycles. The van der Waals surface area contributed by atoms with Gasteiger partial charge >= 0.3 is 51.4 Å². The maximum Gasteiger partial charge on any atom is 1.00 e. The van der Waals surface area contributed by atoms with Gasteiger partial charge in [-0.1, -0.05) is 31.4 Å². The number of rotatable bonds is 5. The van der Waals surface area contributed by atoms with E-state index in [1.54, 1.807) is 0 Å². The van der Waals surface area contributed by atoms with Crippen LogP contribution in [0.25, 0.3) is 0 Å². The second-order valence-corrected chi connectivity index (χ2v) is 4.42. The van der Waals surface area contributed by atoms with Crippen LogP contribution in [0, 0.1) is 6.58 Å². The summed E-state index contributed by atoms with van der Waals surface area (Å²) in [6.07, 6.45) is 3.04. The van der Waals surface area contributed by atoms with E-state index in [4.69, 9.17) is 28.8 Å². The van der Waals surface area contributed by atoms with Gasteiger partial charge in [0, 0.05) is 6.54 Å². The Bertz CT molecular complexity index is 539. The van der Waals surface area contributed by atoms with Crippen LogP contribution in [0.3, 0.4) is 0 Å². The van der Waals surface area contributed by atoms with Crippen LogP contribution in [0.5, 0.6) is 0 Å². The van der Waals surface area contributed by atoms with Crippen molar-refractivity contribution < 1.29 is 56.2 Å². The molecule has 7 N–H and O–H groups in total. The number of aromatic nitrogens is 2. The fraction of sp³-hybridized carbons (Fsp3) is 0.385. The third-order valence-corrected chi connectivity index (χ3v) is 2.68. The monoisotopic (exact) mass is 365 g/mol. The van der Waals surface area contributed by atoms with Crippen molar-refractivity contribution in [3.8, 4) is 0 Å². The smallest absolute Gasteiger partial charge is 0.521 e. The molecule has 1 rings (SSSR count). The Hall–Kier alpha value is -0.714. The molecule has 1 aromatic rings. The molecule has 10 heteroatoms. The van der Waals surface area contributed by atoms with E-state index in [-0.39, 0.29) is 79.8 Å². The van der Waals surface area contributed by atoms with Gasteiger partial charge in [-0.05, 0) is 6.42 Å². The molecule has 0 aliphatic heterocycles. The summed E-state index contributed by atoms with van der Waals surface area (Å²) < 4.78 is 0. The fourth-order valence-electron chi connectivity index (χ4n) is 1.39. The first-order valence-electron chi connectivity index (χ1n) is 6.56. The maximum atomic E-state index is 11.9. The maximum absolute atomic E-state index is 11.9. The zero-order valence-corrected chi connectivity index (χ0v) is 17.4. The number of carbonyl (C=O) groups excluding carboxylic acids is 1. The molecular weight excluding hydrogens is 345 g/mol. The third kappa shape index (κ3) is 9.23. The molecule has 0 atom stereocenters. The van der Waals surface area contributed by atoms with E-state index in [9.17, 15) is 4.79 Å². The summed E-state index contributed by atoms with van der Waals surface area (Å²) >= 11 is 5.69. The number of anilines is 2. The van der Waals surface area contributed by atoms with Crippen LogP contribution in [-0.2, 0) is 0 Å². The van der Waals surface area contributed by atoms with E-state index in [1.165, 1.54) is 0 Å². The molecule has 0 fully saturated rings. The first kappa shape index (κ1) is 24.5. The van der Waals surface area contributed by atoms with Crippen LogP contribution in [0.15, 0.2) is 11.6 Å². The molecule has 1 aromatic heterocycles. The zero-order valence-electron chi connectivity index (χ0n) is 13.5. The second kappa shape index (κ2) is 13.7. The number of unbranched alkanes of at least 4 members (excludes halogenated alkanes) is 2. The standard InChI is InChI=1S/C11H18ClN7O.C2H3.K/c1-2-3-4-5-16-11(15)19-10(20)6-8(13)18-9(14)7(12)17-6;1-2;/h2-5H2,1H3,(H4,13,14,18)(H3,15,16,19,20);1H,2H2;/q;-1;+1. The molecule has 0 bridgehead atoms. The average Bonchev–Trinajstić information content (AvgIpc) is 2.49. The fourth-order valence-corrected chi connectivity index (χ4v) is 1.51. The minimum atomic E-state index is -0.631. The largest absolute Gasteiger partial charge is 1.00 e. The molecule has 0 aliphatic rings. The Balaban J connectivity index is 0. The number of nitrogens with one attached hydrogen (secondary N) is 1. The van der Waals surface area contributed by atoms with Gasteiger partial charge in [-0.3, -0.25) is 21.7 Å². The van der Waals surface area contributed by atoms with Gasteiger partial charge in [-0.2, -0.15) is 0 Å². The molecule has 1 heterocycles. The topological polar surface area (TPSA) is 145 Å². The van der Waals surface area contributed by atoms with Gasteiger partial charge in [0.15, 0.2) is 28.4 Å². The van der Waals surface area contributed by atoms with Crippen molar-refractivity contribution in [3.63, 3.8) is 0 Å². The average molecular weight is 366 g/mol. The Kier molecular flexibility index (Phi) is 14.6.